The number of nitrogens with one attached hydrogen (secondary N) is 1. The molecule has 4 fully saturated rings. The fraction of sp³-hybridized carbons (Fsp3) is 0.765. The van der Waals surface area contributed by atoms with Crippen LogP contribution >= 0.6 is 0 Å². The Balaban J connectivity index is 1.36. The zero-order valence-corrected chi connectivity index (χ0v) is 12.7. The zero-order chi connectivity index (χ0) is 14.4. The number of amides is 1. The molecular formula is C17H24N2O2. The van der Waals surface area contributed by atoms with Crippen LogP contribution in [-0.2, 0) is 11.3 Å². The van der Waals surface area contributed by atoms with E-state index in [9.17, 15) is 4.79 Å². The maximum atomic E-state index is 12.3. The topological polar surface area (TPSA) is 55.1 Å². The van der Waals surface area contributed by atoms with Crippen LogP contribution in [0.5, 0.6) is 0 Å². The van der Waals surface area contributed by atoms with E-state index in [1.54, 1.807) is 6.20 Å². The van der Waals surface area contributed by atoms with E-state index < -0.39 is 0 Å². The van der Waals surface area contributed by atoms with E-state index >= 15 is 0 Å². The molecule has 1 N–H and O–H groups in total. The van der Waals surface area contributed by atoms with Gasteiger partial charge in [-0.25, -0.2) is 4.98 Å². The molecule has 4 saturated carbocycles. The normalized spacial score (nSPS) is 36.9. The first kappa shape index (κ1) is 13.4. The van der Waals surface area contributed by atoms with Crippen LogP contribution in [0.1, 0.15) is 56.6 Å². The highest BCUT2D eigenvalue weighted by molar-refractivity contribution is 5.76. The van der Waals surface area contributed by atoms with Gasteiger partial charge in [0.25, 0.3) is 0 Å². The van der Waals surface area contributed by atoms with Gasteiger partial charge in [-0.15, -0.1) is 0 Å². The summed E-state index contributed by atoms with van der Waals surface area (Å²) in [4.78, 5) is 16.4. The minimum absolute atomic E-state index is 0.186. The quantitative estimate of drug-likeness (QED) is 0.925. The van der Waals surface area contributed by atoms with Gasteiger partial charge >= 0.3 is 0 Å². The Bertz CT molecular complexity index is 513. The van der Waals surface area contributed by atoms with Crippen molar-refractivity contribution in [2.24, 2.45) is 23.2 Å². The van der Waals surface area contributed by atoms with Crippen LogP contribution in [-0.4, -0.2) is 10.9 Å². The average molecular weight is 288 g/mol. The summed E-state index contributed by atoms with van der Waals surface area (Å²) in [5.74, 6) is 4.29. The zero-order valence-electron chi connectivity index (χ0n) is 12.7. The summed E-state index contributed by atoms with van der Waals surface area (Å²) in [6, 6.07) is 0. The largest absolute Gasteiger partial charge is 0.444 e. The van der Waals surface area contributed by atoms with Gasteiger partial charge in [-0.2, -0.15) is 0 Å². The Morgan fingerprint density at radius 1 is 1.29 bits per heavy atom. The minimum atomic E-state index is 0.186. The average Bonchev–Trinajstić information content (AvgIpc) is 2.80. The summed E-state index contributed by atoms with van der Waals surface area (Å²) < 4.78 is 5.40. The number of carbonyl (C=O) groups is 1. The number of nitrogens with zero attached hydrogens (tertiary/aromatic N) is 1. The summed E-state index contributed by atoms with van der Waals surface area (Å²) in [6.07, 6.45) is 10.5. The highest BCUT2D eigenvalue weighted by Crippen LogP contribution is 2.61. The van der Waals surface area contributed by atoms with Gasteiger partial charge < -0.3 is 9.73 Å². The molecular weight excluding hydrogens is 264 g/mol. The second kappa shape index (κ2) is 4.85. The third-order valence-electron chi connectivity index (χ3n) is 5.83. The van der Waals surface area contributed by atoms with E-state index in [4.69, 9.17) is 4.42 Å². The lowest BCUT2D eigenvalue weighted by Gasteiger charge is -2.56. The lowest BCUT2D eigenvalue weighted by Crippen LogP contribution is -2.47. The Morgan fingerprint density at radius 2 is 1.90 bits per heavy atom. The fourth-order valence-corrected chi connectivity index (χ4v) is 5.58. The fourth-order valence-electron chi connectivity index (χ4n) is 5.58. The minimum Gasteiger partial charge on any atom is -0.444 e. The molecule has 114 valence electrons. The molecule has 0 aliphatic heterocycles. The van der Waals surface area contributed by atoms with Gasteiger partial charge in [0.05, 0.1) is 12.7 Å². The number of hydrogen-bond acceptors (Lipinski definition) is 3. The van der Waals surface area contributed by atoms with Crippen LogP contribution in [0.25, 0.3) is 0 Å². The van der Waals surface area contributed by atoms with Crippen molar-refractivity contribution in [2.45, 2.75) is 58.4 Å². The van der Waals surface area contributed by atoms with E-state index in [0.717, 1.165) is 23.5 Å². The third-order valence-corrected chi connectivity index (χ3v) is 5.83. The van der Waals surface area contributed by atoms with Crippen LogP contribution < -0.4 is 5.32 Å². The Labute approximate surface area is 125 Å². The second-order valence-corrected chi connectivity index (χ2v) is 7.72. The Kier molecular flexibility index (Phi) is 3.09. The monoisotopic (exact) mass is 288 g/mol. The summed E-state index contributed by atoms with van der Waals surface area (Å²) in [7, 11) is 0. The van der Waals surface area contributed by atoms with Gasteiger partial charge in [0, 0.05) is 13.3 Å². The summed E-state index contributed by atoms with van der Waals surface area (Å²) >= 11 is 0. The van der Waals surface area contributed by atoms with E-state index in [1.807, 2.05) is 6.92 Å². The molecule has 0 atom stereocenters. The SMILES string of the molecule is Cc1ncc(CNC(=O)CC23CC4CC(CC(C4)C2)C3)o1. The first-order valence-electron chi connectivity index (χ1n) is 8.28. The molecule has 0 radical (unpaired) electrons. The van der Waals surface area contributed by atoms with Crippen LogP contribution in [0.3, 0.4) is 0 Å². The van der Waals surface area contributed by atoms with Crippen molar-refractivity contribution in [3.63, 3.8) is 0 Å². The van der Waals surface area contributed by atoms with Gasteiger partial charge in [-0.1, -0.05) is 0 Å². The van der Waals surface area contributed by atoms with Crippen molar-refractivity contribution in [2.75, 3.05) is 0 Å². The maximum absolute atomic E-state index is 12.3. The van der Waals surface area contributed by atoms with E-state index in [2.05, 4.69) is 10.3 Å². The number of hydrogen-bond donors (Lipinski definition) is 1. The highest BCUT2D eigenvalue weighted by Gasteiger charge is 2.51. The number of carbonyl (C=O) groups excluding carboxylic acids is 1. The van der Waals surface area contributed by atoms with E-state index in [1.165, 1.54) is 38.5 Å². The first-order valence-corrected chi connectivity index (χ1v) is 8.28. The predicted octanol–water partition coefficient (Wildman–Crippen LogP) is 3.21. The van der Waals surface area contributed by atoms with Crippen molar-refractivity contribution >= 4 is 5.91 Å². The first-order chi connectivity index (χ1) is 10.1. The molecule has 1 aromatic heterocycles. The van der Waals surface area contributed by atoms with Crippen LogP contribution in [0.2, 0.25) is 0 Å². The number of rotatable bonds is 4. The lowest BCUT2D eigenvalue weighted by atomic mass is 9.49. The standard InChI is InChI=1S/C17H24N2O2/c1-11-18-9-15(21-11)10-19-16(20)8-17-5-12-2-13(6-17)4-14(3-12)7-17/h9,12-14H,2-8,10H2,1H3,(H,19,20). The summed E-state index contributed by atoms with van der Waals surface area (Å²) in [6.45, 7) is 2.28. The van der Waals surface area contributed by atoms with Crippen LogP contribution in [0.15, 0.2) is 10.6 Å². The summed E-state index contributed by atoms with van der Waals surface area (Å²) in [5, 5.41) is 3.01. The number of aryl methyl sites for hydroxylation is 1. The van der Waals surface area contributed by atoms with Crippen molar-refractivity contribution < 1.29 is 9.21 Å². The molecule has 4 aliphatic rings. The molecule has 21 heavy (non-hydrogen) atoms. The predicted molar refractivity (Wildman–Crippen MR) is 78.3 cm³/mol. The Morgan fingerprint density at radius 3 is 2.43 bits per heavy atom. The van der Waals surface area contributed by atoms with Gasteiger partial charge in [0.2, 0.25) is 5.91 Å². The molecule has 4 heteroatoms. The molecule has 4 aliphatic carbocycles. The molecule has 4 bridgehead atoms. The van der Waals surface area contributed by atoms with Gasteiger partial charge in [-0.3, -0.25) is 4.79 Å². The molecule has 0 spiro atoms. The van der Waals surface area contributed by atoms with Crippen LogP contribution in [0.4, 0.5) is 0 Å². The van der Waals surface area contributed by atoms with Gasteiger partial charge in [0.1, 0.15) is 5.76 Å². The molecule has 1 amide bonds. The van der Waals surface area contributed by atoms with Crippen LogP contribution in [0, 0.1) is 30.1 Å². The van der Waals surface area contributed by atoms with Crippen molar-refractivity contribution in [3.8, 4) is 0 Å². The highest BCUT2D eigenvalue weighted by atomic mass is 16.4. The Hall–Kier alpha value is -1.32. The van der Waals surface area contributed by atoms with Gasteiger partial charge in [-0.05, 0) is 61.7 Å². The van der Waals surface area contributed by atoms with E-state index in [0.29, 0.717) is 24.3 Å². The smallest absolute Gasteiger partial charge is 0.220 e. The molecule has 1 aromatic rings. The molecule has 1 heterocycles. The van der Waals surface area contributed by atoms with Gasteiger partial charge in [0.15, 0.2) is 5.89 Å². The summed E-state index contributed by atoms with van der Waals surface area (Å²) in [5.41, 5.74) is 0.316. The van der Waals surface area contributed by atoms with Crippen molar-refractivity contribution in [1.29, 1.82) is 0 Å². The molecule has 4 nitrogen and oxygen atoms in total. The molecule has 5 rings (SSSR count). The van der Waals surface area contributed by atoms with Crippen molar-refractivity contribution in [3.05, 3.63) is 17.8 Å². The third kappa shape index (κ3) is 2.60. The number of aromatic nitrogens is 1. The maximum Gasteiger partial charge on any atom is 0.220 e. The number of oxazole rings is 1. The molecule has 0 unspecified atom stereocenters. The molecule has 0 aromatic carbocycles. The van der Waals surface area contributed by atoms with E-state index in [-0.39, 0.29) is 5.91 Å². The second-order valence-electron chi connectivity index (χ2n) is 7.72. The molecule has 0 saturated heterocycles. The van der Waals surface area contributed by atoms with Crippen molar-refractivity contribution in [1.82, 2.24) is 10.3 Å². The lowest BCUT2D eigenvalue weighted by molar-refractivity contribution is -0.129.